The summed E-state index contributed by atoms with van der Waals surface area (Å²) in [6.07, 6.45) is 0.951. The lowest BCUT2D eigenvalue weighted by molar-refractivity contribution is 0.0179. The van der Waals surface area contributed by atoms with Crippen LogP contribution >= 0.6 is 0 Å². The Labute approximate surface area is 163 Å². The maximum absolute atomic E-state index is 5.53. The van der Waals surface area contributed by atoms with Gasteiger partial charge in [0.15, 0.2) is 5.96 Å². The van der Waals surface area contributed by atoms with Gasteiger partial charge in [-0.3, -0.25) is 9.89 Å². The second kappa shape index (κ2) is 12.5. The van der Waals surface area contributed by atoms with Crippen molar-refractivity contribution in [3.8, 4) is 5.75 Å². The quantitative estimate of drug-likeness (QED) is 0.367. The summed E-state index contributed by atoms with van der Waals surface area (Å²) in [5, 5.41) is 6.70. The average molecular weight is 379 g/mol. The highest BCUT2D eigenvalue weighted by atomic mass is 16.5. The molecule has 0 spiro atoms. The Morgan fingerprint density at radius 3 is 2.56 bits per heavy atom. The van der Waals surface area contributed by atoms with Crippen molar-refractivity contribution in [2.75, 3.05) is 66.8 Å². The maximum Gasteiger partial charge on any atom is 0.191 e. The summed E-state index contributed by atoms with van der Waals surface area (Å²) in [5.74, 6) is 1.72. The summed E-state index contributed by atoms with van der Waals surface area (Å²) < 4.78 is 15.9. The molecule has 7 nitrogen and oxygen atoms in total. The normalized spacial score (nSPS) is 16.8. The molecule has 7 heteroatoms. The highest BCUT2D eigenvalue weighted by Crippen LogP contribution is 2.24. The smallest absolute Gasteiger partial charge is 0.191 e. The fraction of sp³-hybridized carbons (Fsp3) is 0.650. The van der Waals surface area contributed by atoms with E-state index >= 15 is 0 Å². The van der Waals surface area contributed by atoms with Crippen LogP contribution in [0, 0.1) is 0 Å². The van der Waals surface area contributed by atoms with Crippen LogP contribution in [0.5, 0.6) is 5.75 Å². The first-order valence-electron chi connectivity index (χ1n) is 9.75. The predicted molar refractivity (Wildman–Crippen MR) is 109 cm³/mol. The summed E-state index contributed by atoms with van der Waals surface area (Å²) in [5.41, 5.74) is 1.25. The number of hydrogen-bond donors (Lipinski definition) is 2. The summed E-state index contributed by atoms with van der Waals surface area (Å²) in [6.45, 7) is 8.56. The summed E-state index contributed by atoms with van der Waals surface area (Å²) in [6, 6.07) is 8.51. The largest absolute Gasteiger partial charge is 0.497 e. The highest BCUT2D eigenvalue weighted by Gasteiger charge is 2.22. The summed E-state index contributed by atoms with van der Waals surface area (Å²) in [4.78, 5) is 7.29. The van der Waals surface area contributed by atoms with E-state index in [-0.39, 0.29) is 6.04 Å². The van der Waals surface area contributed by atoms with Crippen molar-refractivity contribution in [3.05, 3.63) is 29.8 Å². The van der Waals surface area contributed by atoms with Gasteiger partial charge in [-0.15, -0.1) is 0 Å². The number of rotatable bonds is 10. The first kappa shape index (κ1) is 21.5. The number of aliphatic imine (C=N–C) groups is 1. The molecule has 0 aromatic heterocycles. The number of nitrogens with zero attached hydrogens (tertiary/aromatic N) is 2. The number of morpholine rings is 1. The van der Waals surface area contributed by atoms with Gasteiger partial charge in [0.05, 0.1) is 32.9 Å². The Morgan fingerprint density at radius 1 is 1.19 bits per heavy atom. The Balaban J connectivity index is 2.08. The van der Waals surface area contributed by atoms with Crippen LogP contribution in [0.1, 0.15) is 24.9 Å². The number of ether oxygens (including phenoxy) is 3. The molecular formula is C20H34N4O3. The second-order valence-electron chi connectivity index (χ2n) is 6.43. The highest BCUT2D eigenvalue weighted by molar-refractivity contribution is 5.79. The van der Waals surface area contributed by atoms with E-state index in [9.17, 15) is 0 Å². The molecule has 1 saturated heterocycles. The monoisotopic (exact) mass is 378 g/mol. The van der Waals surface area contributed by atoms with E-state index in [4.69, 9.17) is 19.2 Å². The van der Waals surface area contributed by atoms with Crippen molar-refractivity contribution in [3.63, 3.8) is 0 Å². The van der Waals surface area contributed by atoms with Gasteiger partial charge in [-0.2, -0.15) is 0 Å². The molecule has 2 N–H and O–H groups in total. The van der Waals surface area contributed by atoms with Crippen LogP contribution in [0.25, 0.3) is 0 Å². The lowest BCUT2D eigenvalue weighted by atomic mass is 10.0. The molecule has 2 rings (SSSR count). The van der Waals surface area contributed by atoms with E-state index in [1.54, 1.807) is 14.2 Å². The molecule has 27 heavy (non-hydrogen) atoms. The molecule has 1 fully saturated rings. The van der Waals surface area contributed by atoms with Gasteiger partial charge in [0, 0.05) is 39.9 Å². The van der Waals surface area contributed by atoms with Crippen LogP contribution in [0.3, 0.4) is 0 Å². The third-order valence-corrected chi connectivity index (χ3v) is 4.57. The third-order valence-electron chi connectivity index (χ3n) is 4.57. The molecule has 1 aromatic carbocycles. The van der Waals surface area contributed by atoms with Crippen LogP contribution in [0.15, 0.2) is 29.3 Å². The van der Waals surface area contributed by atoms with E-state index in [1.165, 1.54) is 5.56 Å². The van der Waals surface area contributed by atoms with Crippen molar-refractivity contribution < 1.29 is 14.2 Å². The minimum absolute atomic E-state index is 0.217. The number of guanidine groups is 1. The molecule has 1 unspecified atom stereocenters. The van der Waals surface area contributed by atoms with Gasteiger partial charge in [-0.1, -0.05) is 12.1 Å². The van der Waals surface area contributed by atoms with Gasteiger partial charge in [-0.25, -0.2) is 0 Å². The molecule has 1 aliphatic rings. The van der Waals surface area contributed by atoms with Crippen LogP contribution < -0.4 is 15.4 Å². The summed E-state index contributed by atoms with van der Waals surface area (Å²) >= 11 is 0. The minimum Gasteiger partial charge on any atom is -0.497 e. The predicted octanol–water partition coefficient (Wildman–Crippen LogP) is 1.66. The maximum atomic E-state index is 5.53. The van der Waals surface area contributed by atoms with E-state index < -0.39 is 0 Å². The van der Waals surface area contributed by atoms with Gasteiger partial charge in [0.2, 0.25) is 0 Å². The Hall–Kier alpha value is -1.83. The first-order chi connectivity index (χ1) is 13.3. The number of methoxy groups -OCH3 is 2. The molecule has 1 atom stereocenters. The number of hydrogen-bond acceptors (Lipinski definition) is 5. The lowest BCUT2D eigenvalue weighted by Gasteiger charge is -2.34. The van der Waals surface area contributed by atoms with Gasteiger partial charge in [0.1, 0.15) is 5.75 Å². The van der Waals surface area contributed by atoms with Crippen molar-refractivity contribution in [2.24, 2.45) is 4.99 Å². The molecule has 0 radical (unpaired) electrons. The SMILES string of the molecule is CCNC(=NCC(c1ccc(OC)cc1)N1CCOCC1)NCCCOC. The number of benzene rings is 1. The third kappa shape index (κ3) is 7.36. The molecule has 1 heterocycles. The summed E-state index contributed by atoms with van der Waals surface area (Å²) in [7, 11) is 3.41. The molecule has 1 aliphatic heterocycles. The van der Waals surface area contributed by atoms with Crippen molar-refractivity contribution >= 4 is 5.96 Å². The molecule has 0 aliphatic carbocycles. The van der Waals surface area contributed by atoms with Gasteiger partial charge < -0.3 is 24.8 Å². The Morgan fingerprint density at radius 2 is 1.93 bits per heavy atom. The van der Waals surface area contributed by atoms with Gasteiger partial charge in [-0.05, 0) is 31.0 Å². The average Bonchev–Trinajstić information content (AvgIpc) is 2.72. The van der Waals surface area contributed by atoms with Gasteiger partial charge >= 0.3 is 0 Å². The second-order valence-corrected chi connectivity index (χ2v) is 6.43. The fourth-order valence-electron chi connectivity index (χ4n) is 3.09. The molecule has 1 aromatic rings. The Bertz CT molecular complexity index is 545. The van der Waals surface area contributed by atoms with Crippen LogP contribution in [0.4, 0.5) is 0 Å². The van der Waals surface area contributed by atoms with E-state index in [2.05, 4.69) is 34.6 Å². The van der Waals surface area contributed by atoms with Crippen molar-refractivity contribution in [1.29, 1.82) is 0 Å². The minimum atomic E-state index is 0.217. The topological polar surface area (TPSA) is 67.4 Å². The molecule has 0 saturated carbocycles. The molecule has 0 bridgehead atoms. The van der Waals surface area contributed by atoms with E-state index in [0.29, 0.717) is 6.54 Å². The van der Waals surface area contributed by atoms with Gasteiger partial charge in [0.25, 0.3) is 0 Å². The van der Waals surface area contributed by atoms with Crippen molar-refractivity contribution in [1.82, 2.24) is 15.5 Å². The van der Waals surface area contributed by atoms with E-state index in [0.717, 1.165) is 64.1 Å². The standard InChI is InChI=1S/C20H34N4O3/c1-4-21-20(22-10-5-13-25-2)23-16-19(24-11-14-27-15-12-24)17-6-8-18(26-3)9-7-17/h6-9,19H,4-5,10-16H2,1-3H3,(H2,21,22,23). The van der Waals surface area contributed by atoms with Crippen molar-refractivity contribution in [2.45, 2.75) is 19.4 Å². The van der Waals surface area contributed by atoms with Crippen LogP contribution in [-0.2, 0) is 9.47 Å². The zero-order valence-electron chi connectivity index (χ0n) is 16.9. The zero-order chi connectivity index (χ0) is 19.3. The van der Waals surface area contributed by atoms with Crippen LogP contribution in [0.2, 0.25) is 0 Å². The zero-order valence-corrected chi connectivity index (χ0v) is 16.9. The molecular weight excluding hydrogens is 344 g/mol. The number of nitrogens with one attached hydrogen (secondary N) is 2. The Kier molecular flexibility index (Phi) is 9.97. The van der Waals surface area contributed by atoms with E-state index in [1.807, 2.05) is 12.1 Å². The first-order valence-corrected chi connectivity index (χ1v) is 9.75. The molecule has 0 amide bonds. The fourth-order valence-corrected chi connectivity index (χ4v) is 3.09. The lowest BCUT2D eigenvalue weighted by Crippen LogP contribution is -2.42. The van der Waals surface area contributed by atoms with Crippen LogP contribution in [-0.4, -0.2) is 77.6 Å². The molecule has 152 valence electrons.